The van der Waals surface area contributed by atoms with Crippen molar-refractivity contribution in [3.8, 4) is 0 Å². The van der Waals surface area contributed by atoms with Crippen molar-refractivity contribution >= 4 is 11.9 Å². The Balaban J connectivity index is 2.94. The van der Waals surface area contributed by atoms with Crippen molar-refractivity contribution in [2.24, 2.45) is 5.92 Å². The van der Waals surface area contributed by atoms with Crippen LogP contribution in [0.5, 0.6) is 0 Å². The van der Waals surface area contributed by atoms with Gasteiger partial charge in [0.15, 0.2) is 0 Å². The van der Waals surface area contributed by atoms with Crippen LogP contribution in [-0.2, 0) is 20.7 Å². The molecule has 1 aromatic carbocycles. The topological polar surface area (TPSA) is 75.6 Å². The van der Waals surface area contributed by atoms with Gasteiger partial charge in [-0.25, -0.2) is 0 Å². The van der Waals surface area contributed by atoms with Crippen molar-refractivity contribution in [1.82, 2.24) is 5.32 Å². The van der Waals surface area contributed by atoms with Crippen molar-refractivity contribution in [2.75, 3.05) is 0 Å². The van der Waals surface area contributed by atoms with Crippen LogP contribution >= 0.6 is 0 Å². The van der Waals surface area contributed by atoms with E-state index in [9.17, 15) is 14.7 Å². The summed E-state index contributed by atoms with van der Waals surface area (Å²) < 4.78 is 5.46. The highest BCUT2D eigenvalue weighted by Crippen LogP contribution is 2.14. The lowest BCUT2D eigenvalue weighted by Gasteiger charge is -2.27. The number of esters is 1. The monoisotopic (exact) mass is 335 g/mol. The summed E-state index contributed by atoms with van der Waals surface area (Å²) in [5.41, 5.74) is 0.333. The largest absolute Gasteiger partial charge is 0.480 e. The van der Waals surface area contributed by atoms with Gasteiger partial charge in [0.25, 0.3) is 0 Å². The second-order valence-electron chi connectivity index (χ2n) is 7.46. The third-order valence-electron chi connectivity index (χ3n) is 3.38. The Morgan fingerprint density at radius 2 is 1.71 bits per heavy atom. The Morgan fingerprint density at radius 1 is 1.12 bits per heavy atom. The highest BCUT2D eigenvalue weighted by molar-refractivity contribution is 5.79. The van der Waals surface area contributed by atoms with E-state index in [2.05, 4.69) is 5.32 Å². The lowest BCUT2D eigenvalue weighted by Crippen LogP contribution is -2.50. The molecule has 24 heavy (non-hydrogen) atoms. The fraction of sp³-hybridized carbons (Fsp3) is 0.579. The summed E-state index contributed by atoms with van der Waals surface area (Å²) in [6, 6.07) is 8.03. The highest BCUT2D eigenvalue weighted by atomic mass is 16.6. The van der Waals surface area contributed by atoms with Crippen LogP contribution in [0.25, 0.3) is 0 Å². The third-order valence-corrected chi connectivity index (χ3v) is 3.38. The molecule has 0 heterocycles. The molecule has 0 amide bonds. The summed E-state index contributed by atoms with van der Waals surface area (Å²) in [6.07, 6.45) is 0.834. The maximum Gasteiger partial charge on any atom is 0.324 e. The van der Waals surface area contributed by atoms with E-state index >= 15 is 0 Å². The summed E-state index contributed by atoms with van der Waals surface area (Å²) in [5.74, 6) is -1.18. The fourth-order valence-electron chi connectivity index (χ4n) is 2.39. The Morgan fingerprint density at radius 3 is 2.17 bits per heavy atom. The number of hydrogen-bond acceptors (Lipinski definition) is 4. The van der Waals surface area contributed by atoms with Crippen LogP contribution in [0.15, 0.2) is 30.3 Å². The highest BCUT2D eigenvalue weighted by Gasteiger charge is 2.30. The predicted octanol–water partition coefficient (Wildman–Crippen LogP) is 3.03. The molecule has 0 unspecified atom stereocenters. The molecule has 2 N–H and O–H groups in total. The number of carboxylic acids is 1. The van der Waals surface area contributed by atoms with Crippen molar-refractivity contribution in [3.63, 3.8) is 0 Å². The molecule has 0 saturated heterocycles. The standard InChI is InChI=1S/C19H29NO4/c1-13(2)11-15(17(21)22)20-16(18(23)24-19(3,4)5)12-14-9-7-6-8-10-14/h6-10,13,15-16,20H,11-12H2,1-5H3,(H,21,22)/t15-,16-/m0/s1. The van der Waals surface area contributed by atoms with Gasteiger partial charge >= 0.3 is 11.9 Å². The Bertz CT molecular complexity index is 534. The van der Waals surface area contributed by atoms with Crippen molar-refractivity contribution in [1.29, 1.82) is 0 Å². The molecule has 134 valence electrons. The van der Waals surface area contributed by atoms with Crippen LogP contribution < -0.4 is 5.32 Å². The minimum absolute atomic E-state index is 0.203. The number of carbonyl (C=O) groups is 2. The lowest BCUT2D eigenvalue weighted by atomic mass is 10.0. The summed E-state index contributed by atoms with van der Waals surface area (Å²) >= 11 is 0. The first-order chi connectivity index (χ1) is 11.1. The molecule has 1 rings (SSSR count). The molecule has 0 aliphatic heterocycles. The Kier molecular flexibility index (Phi) is 7.42. The van der Waals surface area contributed by atoms with Gasteiger partial charge in [-0.15, -0.1) is 0 Å². The average molecular weight is 335 g/mol. The molecule has 0 fully saturated rings. The molecule has 0 aliphatic rings. The van der Waals surface area contributed by atoms with E-state index in [0.717, 1.165) is 5.56 Å². The summed E-state index contributed by atoms with van der Waals surface area (Å²) in [6.45, 7) is 9.31. The van der Waals surface area contributed by atoms with Gasteiger partial charge in [-0.2, -0.15) is 0 Å². The molecular formula is C19H29NO4. The Labute approximate surface area is 144 Å². The second kappa shape index (κ2) is 8.83. The van der Waals surface area contributed by atoms with E-state index in [1.165, 1.54) is 0 Å². The second-order valence-corrected chi connectivity index (χ2v) is 7.46. The van der Waals surface area contributed by atoms with Crippen molar-refractivity contribution in [2.45, 2.75) is 65.1 Å². The number of rotatable bonds is 8. The molecule has 0 bridgehead atoms. The number of carbonyl (C=O) groups excluding carboxylic acids is 1. The molecule has 5 heteroatoms. The molecule has 0 aliphatic carbocycles. The minimum atomic E-state index is -0.953. The van der Waals surface area contributed by atoms with E-state index in [4.69, 9.17) is 4.74 Å². The van der Waals surface area contributed by atoms with Gasteiger partial charge < -0.3 is 9.84 Å². The van der Waals surface area contributed by atoms with Gasteiger partial charge in [0.2, 0.25) is 0 Å². The fourth-order valence-corrected chi connectivity index (χ4v) is 2.39. The van der Waals surface area contributed by atoms with Gasteiger partial charge in [0.1, 0.15) is 17.7 Å². The van der Waals surface area contributed by atoms with Gasteiger partial charge in [0, 0.05) is 0 Å². The zero-order valence-electron chi connectivity index (χ0n) is 15.2. The van der Waals surface area contributed by atoms with E-state index in [1.807, 2.05) is 44.2 Å². The summed E-state index contributed by atoms with van der Waals surface area (Å²) in [7, 11) is 0. The molecule has 2 atom stereocenters. The number of benzene rings is 1. The van der Waals surface area contributed by atoms with Crippen molar-refractivity contribution < 1.29 is 19.4 Å². The number of ether oxygens (including phenoxy) is 1. The van der Waals surface area contributed by atoms with Gasteiger partial charge in [-0.05, 0) is 45.1 Å². The first kappa shape index (κ1) is 20.2. The maximum absolute atomic E-state index is 12.5. The third kappa shape index (κ3) is 7.59. The molecule has 0 saturated carbocycles. The predicted molar refractivity (Wildman–Crippen MR) is 93.8 cm³/mol. The van der Waals surface area contributed by atoms with Crippen LogP contribution in [0.1, 0.15) is 46.6 Å². The van der Waals surface area contributed by atoms with Gasteiger partial charge in [-0.1, -0.05) is 44.2 Å². The normalized spacial score (nSPS) is 14.2. The first-order valence-corrected chi connectivity index (χ1v) is 8.34. The van der Waals surface area contributed by atoms with Gasteiger partial charge in [-0.3, -0.25) is 14.9 Å². The molecule has 0 aromatic heterocycles. The SMILES string of the molecule is CC(C)C[C@H](N[C@@H](Cc1ccccc1)C(=O)OC(C)(C)C)C(=O)O. The van der Waals surface area contributed by atoms with E-state index in [1.54, 1.807) is 20.8 Å². The lowest BCUT2D eigenvalue weighted by molar-refractivity contribution is -0.158. The van der Waals surface area contributed by atoms with E-state index < -0.39 is 29.6 Å². The van der Waals surface area contributed by atoms with Crippen LogP contribution in [-0.4, -0.2) is 34.7 Å². The van der Waals surface area contributed by atoms with Crippen LogP contribution in [0, 0.1) is 5.92 Å². The van der Waals surface area contributed by atoms with Gasteiger partial charge in [0.05, 0.1) is 0 Å². The number of hydrogen-bond donors (Lipinski definition) is 2. The quantitative estimate of drug-likeness (QED) is 0.714. The smallest absolute Gasteiger partial charge is 0.324 e. The molecule has 0 radical (unpaired) electrons. The number of carboxylic acid groups (broad SMARTS) is 1. The number of nitrogens with one attached hydrogen (secondary N) is 1. The van der Waals surface area contributed by atoms with Crippen LogP contribution in [0.2, 0.25) is 0 Å². The zero-order valence-corrected chi connectivity index (χ0v) is 15.2. The summed E-state index contributed by atoms with van der Waals surface area (Å²) in [5, 5.41) is 12.4. The molecule has 5 nitrogen and oxygen atoms in total. The molecular weight excluding hydrogens is 306 g/mol. The summed E-state index contributed by atoms with van der Waals surface area (Å²) in [4.78, 5) is 24.0. The number of aliphatic carboxylic acids is 1. The first-order valence-electron chi connectivity index (χ1n) is 8.34. The van der Waals surface area contributed by atoms with Crippen LogP contribution in [0.3, 0.4) is 0 Å². The maximum atomic E-state index is 12.5. The Hall–Kier alpha value is -1.88. The van der Waals surface area contributed by atoms with E-state index in [0.29, 0.717) is 12.8 Å². The van der Waals surface area contributed by atoms with E-state index in [-0.39, 0.29) is 5.92 Å². The molecule has 1 aromatic rings. The minimum Gasteiger partial charge on any atom is -0.480 e. The van der Waals surface area contributed by atoms with Crippen LogP contribution in [0.4, 0.5) is 0 Å². The molecule has 0 spiro atoms. The zero-order chi connectivity index (χ0) is 18.3. The van der Waals surface area contributed by atoms with Crippen molar-refractivity contribution in [3.05, 3.63) is 35.9 Å². The average Bonchev–Trinajstić information content (AvgIpc) is 2.44.